The van der Waals surface area contributed by atoms with Crippen LogP contribution in [-0.2, 0) is 0 Å². The Bertz CT molecular complexity index is 161. The zero-order chi connectivity index (χ0) is 9.80. The maximum Gasteiger partial charge on any atom is 0.00697 e. The van der Waals surface area contributed by atoms with E-state index >= 15 is 0 Å². The van der Waals surface area contributed by atoms with Gasteiger partial charge < -0.3 is 5.32 Å². The molecule has 14 heavy (non-hydrogen) atoms. The summed E-state index contributed by atoms with van der Waals surface area (Å²) in [6.07, 6.45) is 12.0. The first-order chi connectivity index (χ1) is 6.90. The van der Waals surface area contributed by atoms with Crippen molar-refractivity contribution in [2.24, 2.45) is 11.8 Å². The predicted molar refractivity (Wildman–Crippen MR) is 61.4 cm³/mol. The highest BCUT2D eigenvalue weighted by atomic mass is 14.9. The molecule has 0 amide bonds. The summed E-state index contributed by atoms with van der Waals surface area (Å²) in [5.74, 6) is 2.16. The van der Waals surface area contributed by atoms with E-state index in [1.807, 2.05) is 0 Å². The van der Waals surface area contributed by atoms with Crippen LogP contribution in [-0.4, -0.2) is 12.6 Å². The molecule has 1 nitrogen and oxygen atoms in total. The van der Waals surface area contributed by atoms with Crippen molar-refractivity contribution in [2.45, 2.75) is 64.3 Å². The van der Waals surface area contributed by atoms with Gasteiger partial charge in [0.1, 0.15) is 0 Å². The van der Waals surface area contributed by atoms with Gasteiger partial charge in [-0.2, -0.15) is 0 Å². The fraction of sp³-hybridized carbons (Fsp3) is 1.00. The van der Waals surface area contributed by atoms with Crippen LogP contribution >= 0.6 is 0 Å². The van der Waals surface area contributed by atoms with Gasteiger partial charge in [-0.05, 0) is 37.6 Å². The Morgan fingerprint density at radius 1 is 0.929 bits per heavy atom. The van der Waals surface area contributed by atoms with Crippen LogP contribution < -0.4 is 5.32 Å². The Labute approximate surface area is 88.7 Å². The second kappa shape index (κ2) is 5.16. The molecule has 2 aliphatic rings. The smallest absolute Gasteiger partial charge is 0.00697 e. The van der Waals surface area contributed by atoms with Crippen LogP contribution in [0, 0.1) is 11.8 Å². The average Bonchev–Trinajstić information content (AvgIpc) is 2.68. The van der Waals surface area contributed by atoms with Crippen molar-refractivity contribution in [3.8, 4) is 0 Å². The van der Waals surface area contributed by atoms with E-state index in [9.17, 15) is 0 Å². The van der Waals surface area contributed by atoms with E-state index in [0.29, 0.717) is 0 Å². The van der Waals surface area contributed by atoms with Gasteiger partial charge >= 0.3 is 0 Å². The Morgan fingerprint density at radius 3 is 2.43 bits per heavy atom. The maximum atomic E-state index is 3.61. The summed E-state index contributed by atoms with van der Waals surface area (Å²) in [5.41, 5.74) is 0. The Kier molecular flexibility index (Phi) is 3.86. The second-order valence-corrected chi connectivity index (χ2v) is 5.23. The van der Waals surface area contributed by atoms with Crippen LogP contribution in [0.4, 0.5) is 0 Å². The minimum absolute atomic E-state index is 0.854. The molecule has 0 radical (unpaired) electrons. The molecule has 2 unspecified atom stereocenters. The summed E-state index contributed by atoms with van der Waals surface area (Å²) >= 11 is 0. The molecule has 2 saturated carbocycles. The van der Waals surface area contributed by atoms with E-state index in [2.05, 4.69) is 12.2 Å². The average molecular weight is 195 g/mol. The molecular formula is C13H25N. The SMILES string of the molecule is CCNC1CCC(C2CCCCC2)C1. The molecule has 0 aliphatic heterocycles. The molecule has 2 aliphatic carbocycles. The first-order valence-corrected chi connectivity index (χ1v) is 6.63. The van der Waals surface area contributed by atoms with E-state index in [4.69, 9.17) is 0 Å². The molecule has 0 spiro atoms. The van der Waals surface area contributed by atoms with Crippen molar-refractivity contribution < 1.29 is 0 Å². The molecule has 2 rings (SSSR count). The Balaban J connectivity index is 1.76. The lowest BCUT2D eigenvalue weighted by Gasteiger charge is -2.27. The van der Waals surface area contributed by atoms with Gasteiger partial charge in [0, 0.05) is 6.04 Å². The lowest BCUT2D eigenvalue weighted by molar-refractivity contribution is 0.248. The van der Waals surface area contributed by atoms with Gasteiger partial charge in [0.15, 0.2) is 0 Å². The third-order valence-corrected chi connectivity index (χ3v) is 4.28. The van der Waals surface area contributed by atoms with Crippen LogP contribution in [0.1, 0.15) is 58.3 Å². The lowest BCUT2D eigenvalue weighted by Crippen LogP contribution is -2.26. The maximum absolute atomic E-state index is 3.61. The third kappa shape index (κ3) is 2.50. The summed E-state index contributed by atoms with van der Waals surface area (Å²) in [6, 6.07) is 0.854. The van der Waals surface area contributed by atoms with Gasteiger partial charge in [-0.15, -0.1) is 0 Å². The first kappa shape index (κ1) is 10.5. The minimum atomic E-state index is 0.854. The number of rotatable bonds is 3. The Morgan fingerprint density at radius 2 is 1.71 bits per heavy atom. The number of hydrogen-bond acceptors (Lipinski definition) is 1. The molecular weight excluding hydrogens is 170 g/mol. The van der Waals surface area contributed by atoms with Gasteiger partial charge in [-0.3, -0.25) is 0 Å². The molecule has 0 aromatic carbocycles. The van der Waals surface area contributed by atoms with Gasteiger partial charge in [0.25, 0.3) is 0 Å². The molecule has 0 aromatic rings. The fourth-order valence-corrected chi connectivity index (χ4v) is 3.52. The second-order valence-electron chi connectivity index (χ2n) is 5.23. The zero-order valence-electron chi connectivity index (χ0n) is 9.60. The minimum Gasteiger partial charge on any atom is -0.314 e. The quantitative estimate of drug-likeness (QED) is 0.728. The molecule has 0 heterocycles. The fourth-order valence-electron chi connectivity index (χ4n) is 3.52. The summed E-state index contributed by atoms with van der Waals surface area (Å²) in [5, 5.41) is 3.61. The normalized spacial score (nSPS) is 34.9. The van der Waals surface area contributed by atoms with E-state index in [1.165, 1.54) is 51.4 Å². The van der Waals surface area contributed by atoms with Crippen LogP contribution in [0.25, 0.3) is 0 Å². The van der Waals surface area contributed by atoms with Crippen molar-refractivity contribution in [1.29, 1.82) is 0 Å². The topological polar surface area (TPSA) is 12.0 Å². The highest BCUT2D eigenvalue weighted by molar-refractivity contribution is 4.85. The first-order valence-electron chi connectivity index (χ1n) is 6.63. The molecule has 82 valence electrons. The molecule has 0 aromatic heterocycles. The predicted octanol–water partition coefficient (Wildman–Crippen LogP) is 3.34. The van der Waals surface area contributed by atoms with Crippen LogP contribution in [0.3, 0.4) is 0 Å². The molecule has 2 fully saturated rings. The van der Waals surface area contributed by atoms with Crippen molar-refractivity contribution in [2.75, 3.05) is 6.54 Å². The standard InChI is InChI=1S/C13H25N/c1-2-14-13-9-8-12(10-13)11-6-4-3-5-7-11/h11-14H,2-10H2,1H3. The number of nitrogens with one attached hydrogen (secondary N) is 1. The molecule has 1 N–H and O–H groups in total. The van der Waals surface area contributed by atoms with E-state index in [0.717, 1.165) is 24.4 Å². The van der Waals surface area contributed by atoms with Gasteiger partial charge in [-0.25, -0.2) is 0 Å². The largest absolute Gasteiger partial charge is 0.314 e. The van der Waals surface area contributed by atoms with E-state index in [1.54, 1.807) is 0 Å². The number of hydrogen-bond donors (Lipinski definition) is 1. The molecule has 2 atom stereocenters. The lowest BCUT2D eigenvalue weighted by atomic mass is 9.79. The molecule has 1 heteroatoms. The van der Waals surface area contributed by atoms with Gasteiger partial charge in [0.05, 0.1) is 0 Å². The Hall–Kier alpha value is -0.0400. The third-order valence-electron chi connectivity index (χ3n) is 4.28. The monoisotopic (exact) mass is 195 g/mol. The van der Waals surface area contributed by atoms with Crippen LogP contribution in [0.5, 0.6) is 0 Å². The summed E-state index contributed by atoms with van der Waals surface area (Å²) in [4.78, 5) is 0. The molecule has 0 saturated heterocycles. The van der Waals surface area contributed by atoms with Crippen LogP contribution in [0.15, 0.2) is 0 Å². The highest BCUT2D eigenvalue weighted by Gasteiger charge is 2.30. The van der Waals surface area contributed by atoms with E-state index in [-0.39, 0.29) is 0 Å². The van der Waals surface area contributed by atoms with Crippen molar-refractivity contribution in [3.05, 3.63) is 0 Å². The van der Waals surface area contributed by atoms with Crippen molar-refractivity contribution >= 4 is 0 Å². The van der Waals surface area contributed by atoms with Gasteiger partial charge in [0.2, 0.25) is 0 Å². The summed E-state index contributed by atoms with van der Waals surface area (Å²) in [7, 11) is 0. The van der Waals surface area contributed by atoms with Crippen molar-refractivity contribution in [3.63, 3.8) is 0 Å². The molecule has 0 bridgehead atoms. The summed E-state index contributed by atoms with van der Waals surface area (Å²) < 4.78 is 0. The van der Waals surface area contributed by atoms with E-state index < -0.39 is 0 Å². The zero-order valence-corrected chi connectivity index (χ0v) is 9.60. The summed E-state index contributed by atoms with van der Waals surface area (Å²) in [6.45, 7) is 3.38. The van der Waals surface area contributed by atoms with Crippen molar-refractivity contribution in [1.82, 2.24) is 5.32 Å². The van der Waals surface area contributed by atoms with Crippen LogP contribution in [0.2, 0.25) is 0 Å². The highest BCUT2D eigenvalue weighted by Crippen LogP contribution is 2.39. The van der Waals surface area contributed by atoms with Gasteiger partial charge in [-0.1, -0.05) is 39.0 Å².